The maximum absolute atomic E-state index is 14.1. The molecule has 0 saturated heterocycles. The average molecular weight is 677 g/mol. The number of rotatable bonds is 21. The van der Waals surface area contributed by atoms with Crippen molar-refractivity contribution in [1.29, 1.82) is 0 Å². The summed E-state index contributed by atoms with van der Waals surface area (Å²) in [4.78, 5) is 44.4. The molecule has 0 bridgehead atoms. The first kappa shape index (κ1) is 38.7. The predicted molar refractivity (Wildman–Crippen MR) is 193 cm³/mol. The van der Waals surface area contributed by atoms with Crippen LogP contribution in [0.4, 0.5) is 0 Å². The van der Waals surface area contributed by atoms with Gasteiger partial charge in [-0.15, -0.1) is 0 Å². The lowest BCUT2D eigenvalue weighted by atomic mass is 9.90. The molecular formula is C38H52N4O5S. The Hall–Kier alpha value is -3.73. The summed E-state index contributed by atoms with van der Waals surface area (Å²) in [5.41, 5.74) is 1.64. The molecule has 3 aromatic rings. The second kappa shape index (κ2) is 21.3. The number of hydrogen-bond acceptors (Lipinski definition) is 7. The standard InChI is InChI=1S/C38H52N4O5S/c1-4-13-27(14-5-2)20-21-32(41-37(46)30-19-12-23-39-26-30)38(47)42-33(25-28-15-8-6-9-16-28)35(44)34(43)31(22-24-48-3)40-36(45)29-17-10-7-11-18-29/h6-12,15-19,23,26-27,31-35,43-44H,4-5,13-14,20-22,24-25H2,1-3H3,(H,40,45)(H,41,46)(H,42,47)/t31-,32-,33+,34-,35-/m1/s1. The number of nitrogens with one attached hydrogen (secondary N) is 3. The topological polar surface area (TPSA) is 141 Å². The van der Waals surface area contributed by atoms with Gasteiger partial charge in [-0.25, -0.2) is 0 Å². The molecule has 0 aliphatic carbocycles. The molecule has 0 aliphatic rings. The molecule has 1 heterocycles. The minimum Gasteiger partial charge on any atom is -0.388 e. The molecule has 2 aromatic carbocycles. The lowest BCUT2D eigenvalue weighted by Gasteiger charge is -2.34. The van der Waals surface area contributed by atoms with Gasteiger partial charge in [-0.2, -0.15) is 11.8 Å². The number of pyridine rings is 1. The van der Waals surface area contributed by atoms with Crippen molar-refractivity contribution in [3.63, 3.8) is 0 Å². The number of nitrogens with zero attached hydrogens (tertiary/aromatic N) is 1. The first-order valence-electron chi connectivity index (χ1n) is 17.0. The normalized spacial score (nSPS) is 14.4. The summed E-state index contributed by atoms with van der Waals surface area (Å²) in [6.45, 7) is 4.29. The van der Waals surface area contributed by atoms with Gasteiger partial charge in [-0.3, -0.25) is 19.4 Å². The Balaban J connectivity index is 1.87. The summed E-state index contributed by atoms with van der Waals surface area (Å²) < 4.78 is 0. The highest BCUT2D eigenvalue weighted by atomic mass is 32.2. The largest absolute Gasteiger partial charge is 0.388 e. The number of benzene rings is 2. The van der Waals surface area contributed by atoms with Crippen LogP contribution in [0.5, 0.6) is 0 Å². The fourth-order valence-corrected chi connectivity index (χ4v) is 6.45. The molecule has 0 saturated carbocycles. The molecule has 5 N–H and O–H groups in total. The molecule has 260 valence electrons. The minimum absolute atomic E-state index is 0.226. The Morgan fingerprint density at radius 3 is 1.92 bits per heavy atom. The van der Waals surface area contributed by atoms with Crippen molar-refractivity contribution in [2.45, 2.75) is 95.5 Å². The number of aliphatic hydroxyl groups is 2. The van der Waals surface area contributed by atoms with Crippen molar-refractivity contribution < 1.29 is 24.6 Å². The third kappa shape index (κ3) is 12.7. The van der Waals surface area contributed by atoms with Crippen LogP contribution in [0, 0.1) is 5.92 Å². The maximum atomic E-state index is 14.1. The number of carbonyl (C=O) groups excluding carboxylic acids is 3. The van der Waals surface area contributed by atoms with Crippen LogP contribution in [0.2, 0.25) is 0 Å². The summed E-state index contributed by atoms with van der Waals surface area (Å²) in [7, 11) is 0. The summed E-state index contributed by atoms with van der Waals surface area (Å²) in [5, 5.41) is 32.1. The zero-order chi connectivity index (χ0) is 34.7. The lowest BCUT2D eigenvalue weighted by Crippen LogP contribution is -2.59. The predicted octanol–water partition coefficient (Wildman–Crippen LogP) is 5.18. The van der Waals surface area contributed by atoms with Gasteiger partial charge in [0.1, 0.15) is 18.2 Å². The molecule has 0 radical (unpaired) electrons. The molecule has 3 amide bonds. The van der Waals surface area contributed by atoms with E-state index in [0.717, 1.165) is 37.7 Å². The number of aromatic nitrogens is 1. The molecule has 3 rings (SSSR count). The van der Waals surface area contributed by atoms with Crippen LogP contribution in [-0.4, -0.2) is 75.3 Å². The highest BCUT2D eigenvalue weighted by molar-refractivity contribution is 7.98. The Morgan fingerprint density at radius 2 is 1.31 bits per heavy atom. The van der Waals surface area contributed by atoms with E-state index in [9.17, 15) is 24.6 Å². The van der Waals surface area contributed by atoms with E-state index in [0.29, 0.717) is 35.6 Å². The van der Waals surface area contributed by atoms with Crippen molar-refractivity contribution in [3.8, 4) is 0 Å². The van der Waals surface area contributed by atoms with Gasteiger partial charge in [-0.05, 0) is 73.4 Å². The van der Waals surface area contributed by atoms with Crippen LogP contribution in [-0.2, 0) is 11.2 Å². The highest BCUT2D eigenvalue weighted by Crippen LogP contribution is 2.21. The Labute approximate surface area is 289 Å². The van der Waals surface area contributed by atoms with E-state index in [1.165, 1.54) is 6.20 Å². The SMILES string of the molecule is CCCC(CCC)CC[C@@H](NC(=O)c1cccnc1)C(=O)N[C@@H](Cc1ccccc1)[C@@H](O)[C@H](O)[C@@H](CCSC)NC(=O)c1ccccc1. The highest BCUT2D eigenvalue weighted by Gasteiger charge is 2.35. The van der Waals surface area contributed by atoms with E-state index >= 15 is 0 Å². The Bertz CT molecular complexity index is 1360. The molecule has 48 heavy (non-hydrogen) atoms. The summed E-state index contributed by atoms with van der Waals surface area (Å²) >= 11 is 1.57. The van der Waals surface area contributed by atoms with Gasteiger partial charge >= 0.3 is 0 Å². The van der Waals surface area contributed by atoms with Crippen molar-refractivity contribution in [2.24, 2.45) is 5.92 Å². The van der Waals surface area contributed by atoms with Crippen molar-refractivity contribution >= 4 is 29.5 Å². The van der Waals surface area contributed by atoms with Crippen LogP contribution in [0.3, 0.4) is 0 Å². The third-order valence-corrected chi connectivity index (χ3v) is 9.23. The van der Waals surface area contributed by atoms with E-state index in [1.807, 2.05) is 42.7 Å². The Morgan fingerprint density at radius 1 is 0.708 bits per heavy atom. The van der Waals surface area contributed by atoms with Crippen LogP contribution in [0.25, 0.3) is 0 Å². The van der Waals surface area contributed by atoms with E-state index < -0.39 is 42.1 Å². The smallest absolute Gasteiger partial charge is 0.253 e. The second-order valence-electron chi connectivity index (χ2n) is 12.3. The zero-order valence-corrected chi connectivity index (χ0v) is 29.2. The molecular weight excluding hydrogens is 625 g/mol. The van der Waals surface area contributed by atoms with Gasteiger partial charge in [0.25, 0.3) is 11.8 Å². The van der Waals surface area contributed by atoms with E-state index in [-0.39, 0.29) is 12.3 Å². The molecule has 5 atom stereocenters. The Kier molecular flexibility index (Phi) is 17.2. The van der Waals surface area contributed by atoms with Gasteiger partial charge in [0.2, 0.25) is 5.91 Å². The van der Waals surface area contributed by atoms with Crippen molar-refractivity contribution in [3.05, 3.63) is 102 Å². The van der Waals surface area contributed by atoms with E-state index in [1.54, 1.807) is 54.4 Å². The molecule has 0 unspecified atom stereocenters. The van der Waals surface area contributed by atoms with Crippen LogP contribution in [0.15, 0.2) is 85.2 Å². The molecule has 0 fully saturated rings. The molecule has 9 nitrogen and oxygen atoms in total. The fraction of sp³-hybridized carbons (Fsp3) is 0.474. The number of hydrogen-bond donors (Lipinski definition) is 5. The van der Waals surface area contributed by atoms with Crippen LogP contribution >= 0.6 is 11.8 Å². The van der Waals surface area contributed by atoms with Gasteiger partial charge < -0.3 is 26.2 Å². The lowest BCUT2D eigenvalue weighted by molar-refractivity contribution is -0.125. The van der Waals surface area contributed by atoms with Gasteiger partial charge in [-0.1, -0.05) is 88.1 Å². The summed E-state index contributed by atoms with van der Waals surface area (Å²) in [6, 6.07) is 18.9. The molecule has 0 aliphatic heterocycles. The number of amides is 3. The van der Waals surface area contributed by atoms with Crippen LogP contribution in [0.1, 0.15) is 85.1 Å². The first-order chi connectivity index (χ1) is 23.3. The summed E-state index contributed by atoms with van der Waals surface area (Å²) in [5.74, 6) is -0.155. The van der Waals surface area contributed by atoms with Gasteiger partial charge in [0.15, 0.2) is 0 Å². The number of carbonyl (C=O) groups is 3. The molecule has 1 aromatic heterocycles. The third-order valence-electron chi connectivity index (χ3n) is 8.59. The molecule has 10 heteroatoms. The van der Waals surface area contributed by atoms with Gasteiger partial charge in [0, 0.05) is 18.0 Å². The number of aliphatic hydroxyl groups excluding tert-OH is 2. The monoisotopic (exact) mass is 676 g/mol. The first-order valence-corrected chi connectivity index (χ1v) is 18.4. The molecule has 0 spiro atoms. The maximum Gasteiger partial charge on any atom is 0.253 e. The van der Waals surface area contributed by atoms with Crippen LogP contribution < -0.4 is 16.0 Å². The zero-order valence-electron chi connectivity index (χ0n) is 28.4. The summed E-state index contributed by atoms with van der Waals surface area (Å²) in [6.07, 6.45) is 8.09. The van der Waals surface area contributed by atoms with Crippen molar-refractivity contribution in [1.82, 2.24) is 20.9 Å². The van der Waals surface area contributed by atoms with E-state index in [2.05, 4.69) is 34.8 Å². The fourth-order valence-electron chi connectivity index (χ4n) is 5.96. The van der Waals surface area contributed by atoms with Crippen molar-refractivity contribution in [2.75, 3.05) is 12.0 Å². The second-order valence-corrected chi connectivity index (χ2v) is 13.3. The quantitative estimate of drug-likeness (QED) is 0.105. The van der Waals surface area contributed by atoms with Gasteiger partial charge in [0.05, 0.1) is 17.6 Å². The average Bonchev–Trinajstić information content (AvgIpc) is 3.11. The minimum atomic E-state index is -1.43. The number of thioether (sulfide) groups is 1. The van der Waals surface area contributed by atoms with E-state index in [4.69, 9.17) is 0 Å².